The molecule has 0 saturated carbocycles. The summed E-state index contributed by atoms with van der Waals surface area (Å²) < 4.78 is 7.03. The van der Waals surface area contributed by atoms with Crippen LogP contribution in [0.5, 0.6) is 5.88 Å². The highest BCUT2D eigenvalue weighted by molar-refractivity contribution is 5.15. The number of ether oxygens (including phenoxy) is 1. The van der Waals surface area contributed by atoms with Gasteiger partial charge in [-0.05, 0) is 13.0 Å². The third-order valence-corrected chi connectivity index (χ3v) is 2.79. The van der Waals surface area contributed by atoms with E-state index in [9.17, 15) is 0 Å². The molecule has 0 aliphatic carbocycles. The first-order chi connectivity index (χ1) is 8.74. The number of nitrogens with zero attached hydrogens (tertiary/aromatic N) is 4. The predicted octanol–water partition coefficient (Wildman–Crippen LogP) is 0.944. The van der Waals surface area contributed by atoms with Crippen LogP contribution in [0.3, 0.4) is 0 Å². The molecular formula is C12H17N5O. The van der Waals surface area contributed by atoms with Gasteiger partial charge >= 0.3 is 0 Å². The van der Waals surface area contributed by atoms with Gasteiger partial charge in [-0.25, -0.2) is 4.98 Å². The van der Waals surface area contributed by atoms with E-state index in [0.29, 0.717) is 12.3 Å². The molecule has 0 aliphatic heterocycles. The maximum Gasteiger partial charge on any atom is 0.233 e. The van der Waals surface area contributed by atoms with Gasteiger partial charge in [-0.15, -0.1) is 5.10 Å². The van der Waals surface area contributed by atoms with E-state index in [4.69, 9.17) is 10.5 Å². The SMILES string of the molecule is CCn1ccnc1CC(N)c1ccc(OC)nn1. The molecule has 0 bridgehead atoms. The van der Waals surface area contributed by atoms with Crippen LogP contribution in [0.25, 0.3) is 0 Å². The predicted molar refractivity (Wildman–Crippen MR) is 67.1 cm³/mol. The number of nitrogens with two attached hydrogens (primary N) is 1. The zero-order valence-electron chi connectivity index (χ0n) is 10.6. The van der Waals surface area contributed by atoms with Gasteiger partial charge in [0, 0.05) is 31.4 Å². The summed E-state index contributed by atoms with van der Waals surface area (Å²) in [5, 5.41) is 7.96. The van der Waals surface area contributed by atoms with Crippen LogP contribution in [0.1, 0.15) is 24.5 Å². The zero-order valence-corrected chi connectivity index (χ0v) is 10.6. The molecule has 1 unspecified atom stereocenters. The molecule has 2 heterocycles. The van der Waals surface area contributed by atoms with Crippen molar-refractivity contribution in [2.75, 3.05) is 7.11 Å². The van der Waals surface area contributed by atoms with Crippen LogP contribution in [0.2, 0.25) is 0 Å². The smallest absolute Gasteiger partial charge is 0.233 e. The van der Waals surface area contributed by atoms with Crippen LogP contribution >= 0.6 is 0 Å². The van der Waals surface area contributed by atoms with Crippen molar-refractivity contribution in [3.63, 3.8) is 0 Å². The summed E-state index contributed by atoms with van der Waals surface area (Å²) in [5.74, 6) is 1.45. The summed E-state index contributed by atoms with van der Waals surface area (Å²) >= 11 is 0. The Labute approximate surface area is 106 Å². The molecule has 0 aliphatic rings. The number of hydrogen-bond donors (Lipinski definition) is 1. The Morgan fingerprint density at radius 3 is 2.83 bits per heavy atom. The summed E-state index contributed by atoms with van der Waals surface area (Å²) in [5.41, 5.74) is 6.84. The Morgan fingerprint density at radius 1 is 1.39 bits per heavy atom. The van der Waals surface area contributed by atoms with Crippen LogP contribution in [0.15, 0.2) is 24.5 Å². The number of aryl methyl sites for hydroxylation is 1. The standard InChI is InChI=1S/C12H17N5O/c1-3-17-7-6-14-11(17)8-9(13)10-4-5-12(18-2)16-15-10/h4-7,9H,3,8,13H2,1-2H3. The van der Waals surface area contributed by atoms with Crippen molar-refractivity contribution in [2.24, 2.45) is 5.73 Å². The molecule has 6 nitrogen and oxygen atoms in total. The summed E-state index contributed by atoms with van der Waals surface area (Å²) in [4.78, 5) is 4.30. The lowest BCUT2D eigenvalue weighted by Gasteiger charge is -2.11. The van der Waals surface area contributed by atoms with Gasteiger partial charge in [0.1, 0.15) is 5.82 Å². The summed E-state index contributed by atoms with van der Waals surface area (Å²) in [7, 11) is 1.56. The number of methoxy groups -OCH3 is 1. The second kappa shape index (κ2) is 5.59. The first-order valence-electron chi connectivity index (χ1n) is 5.87. The van der Waals surface area contributed by atoms with Crippen LogP contribution in [0, 0.1) is 0 Å². The van der Waals surface area contributed by atoms with Crippen molar-refractivity contribution in [3.8, 4) is 5.88 Å². The lowest BCUT2D eigenvalue weighted by molar-refractivity contribution is 0.390. The average molecular weight is 247 g/mol. The zero-order chi connectivity index (χ0) is 13.0. The number of hydrogen-bond acceptors (Lipinski definition) is 5. The molecule has 96 valence electrons. The molecule has 0 saturated heterocycles. The van der Waals surface area contributed by atoms with Crippen molar-refractivity contribution in [3.05, 3.63) is 36.0 Å². The Bertz CT molecular complexity index is 493. The number of aromatic nitrogens is 4. The Morgan fingerprint density at radius 2 is 2.22 bits per heavy atom. The van der Waals surface area contributed by atoms with E-state index in [1.54, 1.807) is 19.4 Å². The Balaban J connectivity index is 2.09. The van der Waals surface area contributed by atoms with Gasteiger partial charge in [0.2, 0.25) is 5.88 Å². The quantitative estimate of drug-likeness (QED) is 0.850. The molecular weight excluding hydrogens is 230 g/mol. The van der Waals surface area contributed by atoms with E-state index in [1.807, 2.05) is 12.3 Å². The molecule has 2 rings (SSSR count). The van der Waals surface area contributed by atoms with Gasteiger partial charge in [0.25, 0.3) is 0 Å². The minimum absolute atomic E-state index is 0.212. The minimum atomic E-state index is -0.212. The van der Waals surface area contributed by atoms with Crippen molar-refractivity contribution in [1.29, 1.82) is 0 Å². The van der Waals surface area contributed by atoms with E-state index in [2.05, 4.69) is 26.7 Å². The summed E-state index contributed by atoms with van der Waals surface area (Å²) in [6.07, 6.45) is 4.37. The Hall–Kier alpha value is -1.95. The van der Waals surface area contributed by atoms with E-state index in [1.165, 1.54) is 0 Å². The second-order valence-corrected chi connectivity index (χ2v) is 3.94. The molecule has 1 atom stereocenters. The lowest BCUT2D eigenvalue weighted by atomic mass is 10.1. The first kappa shape index (κ1) is 12.5. The average Bonchev–Trinajstić information content (AvgIpc) is 2.86. The fraction of sp³-hybridized carbons (Fsp3) is 0.417. The van der Waals surface area contributed by atoms with Gasteiger partial charge in [-0.1, -0.05) is 0 Å². The first-order valence-corrected chi connectivity index (χ1v) is 5.87. The fourth-order valence-electron chi connectivity index (χ4n) is 1.76. The second-order valence-electron chi connectivity index (χ2n) is 3.94. The molecule has 18 heavy (non-hydrogen) atoms. The third-order valence-electron chi connectivity index (χ3n) is 2.79. The van der Waals surface area contributed by atoms with E-state index in [0.717, 1.165) is 18.1 Å². The molecule has 2 aromatic rings. The normalized spacial score (nSPS) is 12.4. The van der Waals surface area contributed by atoms with Crippen molar-refractivity contribution in [2.45, 2.75) is 25.9 Å². The molecule has 0 spiro atoms. The topological polar surface area (TPSA) is 78.9 Å². The van der Waals surface area contributed by atoms with Crippen LogP contribution < -0.4 is 10.5 Å². The highest BCUT2D eigenvalue weighted by atomic mass is 16.5. The maximum atomic E-state index is 6.10. The van der Waals surface area contributed by atoms with Crippen molar-refractivity contribution < 1.29 is 4.74 Å². The monoisotopic (exact) mass is 247 g/mol. The number of rotatable bonds is 5. The lowest BCUT2D eigenvalue weighted by Crippen LogP contribution is -2.18. The molecule has 0 amide bonds. The largest absolute Gasteiger partial charge is 0.480 e. The van der Waals surface area contributed by atoms with Crippen LogP contribution in [-0.4, -0.2) is 26.9 Å². The van der Waals surface area contributed by atoms with Gasteiger partial charge < -0.3 is 15.0 Å². The highest BCUT2D eigenvalue weighted by Gasteiger charge is 2.12. The fourth-order valence-corrected chi connectivity index (χ4v) is 1.76. The van der Waals surface area contributed by atoms with Gasteiger partial charge in [-0.3, -0.25) is 0 Å². The molecule has 2 aromatic heterocycles. The maximum absolute atomic E-state index is 6.10. The molecule has 0 fully saturated rings. The van der Waals surface area contributed by atoms with E-state index >= 15 is 0 Å². The van der Waals surface area contributed by atoms with Gasteiger partial charge in [-0.2, -0.15) is 5.10 Å². The van der Waals surface area contributed by atoms with Crippen LogP contribution in [-0.2, 0) is 13.0 Å². The molecule has 0 radical (unpaired) electrons. The Kier molecular flexibility index (Phi) is 3.88. The third kappa shape index (κ3) is 2.65. The van der Waals surface area contributed by atoms with Crippen molar-refractivity contribution in [1.82, 2.24) is 19.7 Å². The summed E-state index contributed by atoms with van der Waals surface area (Å²) in [6.45, 7) is 2.96. The van der Waals surface area contributed by atoms with E-state index < -0.39 is 0 Å². The van der Waals surface area contributed by atoms with Crippen molar-refractivity contribution >= 4 is 0 Å². The van der Waals surface area contributed by atoms with Crippen LogP contribution in [0.4, 0.5) is 0 Å². The molecule has 6 heteroatoms. The number of imidazole rings is 1. The summed E-state index contributed by atoms with van der Waals surface area (Å²) in [6, 6.07) is 3.38. The van der Waals surface area contributed by atoms with Gasteiger partial charge in [0.05, 0.1) is 18.8 Å². The minimum Gasteiger partial charge on any atom is -0.480 e. The highest BCUT2D eigenvalue weighted by Crippen LogP contribution is 2.14. The van der Waals surface area contributed by atoms with Gasteiger partial charge in [0.15, 0.2) is 0 Å². The molecule has 0 aromatic carbocycles. The van der Waals surface area contributed by atoms with E-state index in [-0.39, 0.29) is 6.04 Å². The molecule has 2 N–H and O–H groups in total.